The van der Waals surface area contributed by atoms with Crippen LogP contribution < -0.4 is 5.56 Å². The first-order valence-corrected chi connectivity index (χ1v) is 3.74. The molecule has 1 aromatic rings. The van der Waals surface area contributed by atoms with Gasteiger partial charge in [-0.3, -0.25) is 4.79 Å². The minimum absolute atomic E-state index is 0.439. The molecular formula is C8H6F3NO3. The number of halogens is 3. The van der Waals surface area contributed by atoms with Gasteiger partial charge in [0.2, 0.25) is 5.56 Å². The quantitative estimate of drug-likeness (QED) is 0.724. The van der Waals surface area contributed by atoms with Gasteiger partial charge in [0.15, 0.2) is 0 Å². The first kappa shape index (κ1) is 11.3. The first-order valence-electron chi connectivity index (χ1n) is 3.74. The molecule has 0 atom stereocenters. The number of aromatic nitrogens is 1. The van der Waals surface area contributed by atoms with E-state index in [0.717, 1.165) is 7.11 Å². The van der Waals surface area contributed by atoms with Crippen molar-refractivity contribution in [3.63, 3.8) is 0 Å². The van der Waals surface area contributed by atoms with Crippen LogP contribution in [0.2, 0.25) is 0 Å². The lowest BCUT2D eigenvalue weighted by atomic mass is 10.1. The van der Waals surface area contributed by atoms with Crippen LogP contribution in [0.3, 0.4) is 0 Å². The van der Waals surface area contributed by atoms with Crippen LogP contribution in [0.25, 0.3) is 0 Å². The number of aromatic amines is 1. The Labute approximate surface area is 81.7 Å². The fraction of sp³-hybridized carbons (Fsp3) is 0.250. The summed E-state index contributed by atoms with van der Waals surface area (Å²) in [6.45, 7) is 0. The topological polar surface area (TPSA) is 59.2 Å². The number of nitrogens with one attached hydrogen (secondary N) is 1. The molecule has 0 aliphatic heterocycles. The van der Waals surface area contributed by atoms with Crippen molar-refractivity contribution >= 4 is 5.97 Å². The fourth-order valence-electron chi connectivity index (χ4n) is 0.985. The Bertz CT molecular complexity index is 435. The van der Waals surface area contributed by atoms with Gasteiger partial charge in [-0.15, -0.1) is 0 Å². The Morgan fingerprint density at radius 1 is 1.47 bits per heavy atom. The van der Waals surface area contributed by atoms with Crippen LogP contribution in [0.15, 0.2) is 17.1 Å². The van der Waals surface area contributed by atoms with Gasteiger partial charge in [-0.05, 0) is 0 Å². The van der Waals surface area contributed by atoms with Crippen molar-refractivity contribution in [2.24, 2.45) is 0 Å². The number of hydrogen-bond acceptors (Lipinski definition) is 3. The summed E-state index contributed by atoms with van der Waals surface area (Å²) < 4.78 is 41.2. The zero-order chi connectivity index (χ0) is 11.6. The molecule has 0 aliphatic carbocycles. The molecular weight excluding hydrogens is 215 g/mol. The molecule has 0 radical (unpaired) electrons. The highest BCUT2D eigenvalue weighted by molar-refractivity contribution is 5.90. The Morgan fingerprint density at radius 3 is 2.53 bits per heavy atom. The maximum Gasteiger partial charge on any atom is 0.418 e. The molecule has 0 saturated heterocycles. The molecule has 1 heterocycles. The number of pyridine rings is 1. The van der Waals surface area contributed by atoms with E-state index >= 15 is 0 Å². The van der Waals surface area contributed by atoms with Crippen LogP contribution in [0.5, 0.6) is 0 Å². The van der Waals surface area contributed by atoms with Gasteiger partial charge in [0.05, 0.1) is 18.2 Å². The van der Waals surface area contributed by atoms with E-state index < -0.39 is 28.8 Å². The van der Waals surface area contributed by atoms with Crippen molar-refractivity contribution in [3.05, 3.63) is 33.7 Å². The summed E-state index contributed by atoms with van der Waals surface area (Å²) in [6, 6.07) is 0.550. The standard InChI is InChI=1S/C8H6F3NO3/c1-15-7(14)4-2-6(13)12-3-5(4)8(9,10)11/h2-3H,1H3,(H,12,13). The van der Waals surface area contributed by atoms with Crippen LogP contribution in [0, 0.1) is 0 Å². The summed E-state index contributed by atoms with van der Waals surface area (Å²) in [5.74, 6) is -1.20. The van der Waals surface area contributed by atoms with E-state index in [-0.39, 0.29) is 0 Å². The Hall–Kier alpha value is -1.79. The smallest absolute Gasteiger partial charge is 0.418 e. The summed E-state index contributed by atoms with van der Waals surface area (Å²) in [4.78, 5) is 23.6. The van der Waals surface area contributed by atoms with Crippen molar-refractivity contribution in [1.29, 1.82) is 0 Å². The number of H-pyrrole nitrogens is 1. The van der Waals surface area contributed by atoms with Gasteiger partial charge in [0.1, 0.15) is 0 Å². The zero-order valence-corrected chi connectivity index (χ0v) is 7.51. The second-order valence-corrected chi connectivity index (χ2v) is 2.61. The third kappa shape index (κ3) is 2.36. The number of esters is 1. The molecule has 0 fully saturated rings. The van der Waals surface area contributed by atoms with Crippen molar-refractivity contribution in [2.75, 3.05) is 7.11 Å². The molecule has 0 aliphatic rings. The Balaban J connectivity index is 3.40. The molecule has 0 amide bonds. The van der Waals surface area contributed by atoms with Gasteiger partial charge in [0, 0.05) is 12.3 Å². The zero-order valence-electron chi connectivity index (χ0n) is 7.51. The van der Waals surface area contributed by atoms with Gasteiger partial charge in [0.25, 0.3) is 0 Å². The second-order valence-electron chi connectivity index (χ2n) is 2.61. The summed E-state index contributed by atoms with van der Waals surface area (Å²) >= 11 is 0. The molecule has 0 saturated carbocycles. The molecule has 1 aromatic heterocycles. The van der Waals surface area contributed by atoms with Crippen molar-refractivity contribution in [1.82, 2.24) is 4.98 Å². The highest BCUT2D eigenvalue weighted by atomic mass is 19.4. The third-order valence-electron chi connectivity index (χ3n) is 1.64. The molecule has 0 bridgehead atoms. The average molecular weight is 221 g/mol. The average Bonchev–Trinajstić information content (AvgIpc) is 2.14. The van der Waals surface area contributed by atoms with Crippen LogP contribution >= 0.6 is 0 Å². The molecule has 4 nitrogen and oxygen atoms in total. The van der Waals surface area contributed by atoms with Gasteiger partial charge < -0.3 is 9.72 Å². The van der Waals surface area contributed by atoms with E-state index in [2.05, 4.69) is 4.74 Å². The van der Waals surface area contributed by atoms with E-state index in [1.54, 1.807) is 0 Å². The monoisotopic (exact) mass is 221 g/mol. The number of carbonyl (C=O) groups is 1. The van der Waals surface area contributed by atoms with Crippen LogP contribution in [-0.4, -0.2) is 18.1 Å². The molecule has 7 heteroatoms. The maximum absolute atomic E-state index is 12.3. The number of ether oxygens (including phenoxy) is 1. The molecule has 0 aromatic carbocycles. The van der Waals surface area contributed by atoms with E-state index in [0.29, 0.717) is 12.3 Å². The van der Waals surface area contributed by atoms with Crippen LogP contribution in [0.1, 0.15) is 15.9 Å². The minimum Gasteiger partial charge on any atom is -0.465 e. The van der Waals surface area contributed by atoms with Gasteiger partial charge in [-0.1, -0.05) is 0 Å². The van der Waals surface area contributed by atoms with E-state index in [9.17, 15) is 22.8 Å². The summed E-state index contributed by atoms with van der Waals surface area (Å²) in [6.07, 6.45) is -4.28. The van der Waals surface area contributed by atoms with Gasteiger partial charge in [-0.2, -0.15) is 13.2 Å². The van der Waals surface area contributed by atoms with E-state index in [1.807, 2.05) is 4.98 Å². The summed E-state index contributed by atoms with van der Waals surface area (Å²) in [5, 5.41) is 0. The third-order valence-corrected chi connectivity index (χ3v) is 1.64. The normalized spacial score (nSPS) is 11.2. The highest BCUT2D eigenvalue weighted by Gasteiger charge is 2.36. The molecule has 1 N–H and O–H groups in total. The summed E-state index contributed by atoms with van der Waals surface area (Å²) in [7, 11) is 0.934. The minimum atomic E-state index is -4.71. The Morgan fingerprint density at radius 2 is 2.07 bits per heavy atom. The molecule has 0 unspecified atom stereocenters. The van der Waals surface area contributed by atoms with Crippen molar-refractivity contribution < 1.29 is 22.7 Å². The lowest BCUT2D eigenvalue weighted by Gasteiger charge is -2.09. The summed E-state index contributed by atoms with van der Waals surface area (Å²) in [5.41, 5.74) is -2.83. The number of alkyl halides is 3. The lowest BCUT2D eigenvalue weighted by Crippen LogP contribution is -2.19. The van der Waals surface area contributed by atoms with Gasteiger partial charge >= 0.3 is 12.1 Å². The number of hydrogen-bond donors (Lipinski definition) is 1. The lowest BCUT2D eigenvalue weighted by molar-refractivity contribution is -0.138. The highest BCUT2D eigenvalue weighted by Crippen LogP contribution is 2.30. The largest absolute Gasteiger partial charge is 0.465 e. The molecule has 15 heavy (non-hydrogen) atoms. The fourth-order valence-corrected chi connectivity index (χ4v) is 0.985. The Kier molecular flexibility index (Phi) is 2.83. The second kappa shape index (κ2) is 3.76. The number of carbonyl (C=O) groups excluding carboxylic acids is 1. The molecule has 0 spiro atoms. The van der Waals surface area contributed by atoms with E-state index in [4.69, 9.17) is 0 Å². The molecule has 82 valence electrons. The first-order chi connectivity index (χ1) is 6.86. The maximum atomic E-state index is 12.3. The molecule has 1 rings (SSSR count). The number of methoxy groups -OCH3 is 1. The van der Waals surface area contributed by atoms with Gasteiger partial charge in [-0.25, -0.2) is 4.79 Å². The predicted molar refractivity (Wildman–Crippen MR) is 43.4 cm³/mol. The van der Waals surface area contributed by atoms with E-state index in [1.165, 1.54) is 0 Å². The van der Waals surface area contributed by atoms with Crippen molar-refractivity contribution in [3.8, 4) is 0 Å². The SMILES string of the molecule is COC(=O)c1cc(=O)[nH]cc1C(F)(F)F. The van der Waals surface area contributed by atoms with Crippen LogP contribution in [0.4, 0.5) is 13.2 Å². The van der Waals surface area contributed by atoms with Crippen molar-refractivity contribution in [2.45, 2.75) is 6.18 Å². The van der Waals surface area contributed by atoms with Crippen LogP contribution in [-0.2, 0) is 10.9 Å². The predicted octanol–water partition coefficient (Wildman–Crippen LogP) is 1.18. The number of rotatable bonds is 1.